The first-order chi connectivity index (χ1) is 8.26. The van der Waals surface area contributed by atoms with Crippen LogP contribution in [-0.2, 0) is 0 Å². The van der Waals surface area contributed by atoms with Crippen molar-refractivity contribution in [3.63, 3.8) is 0 Å². The average Bonchev–Trinajstić information content (AvgIpc) is 2.38. The third-order valence-corrected chi connectivity index (χ3v) is 3.32. The smallest absolute Gasteiger partial charge is 0.160 e. The van der Waals surface area contributed by atoms with E-state index in [0.717, 1.165) is 24.3 Å². The van der Waals surface area contributed by atoms with Crippen LogP contribution >= 0.6 is 0 Å². The molecule has 17 heavy (non-hydrogen) atoms. The van der Waals surface area contributed by atoms with Crippen LogP contribution in [0.5, 0.6) is 11.5 Å². The van der Waals surface area contributed by atoms with E-state index in [2.05, 4.69) is 18.2 Å². The SMILES string of the molecule is COc1ccc(C2CC=CCC2N)cc1OC. The third kappa shape index (κ3) is 2.44. The van der Waals surface area contributed by atoms with Crippen molar-refractivity contribution in [1.29, 1.82) is 0 Å². The molecule has 0 amide bonds. The van der Waals surface area contributed by atoms with Crippen molar-refractivity contribution in [2.24, 2.45) is 5.73 Å². The Morgan fingerprint density at radius 3 is 2.41 bits per heavy atom. The van der Waals surface area contributed by atoms with Crippen LogP contribution in [0.25, 0.3) is 0 Å². The molecule has 2 unspecified atom stereocenters. The lowest BCUT2D eigenvalue weighted by atomic mass is 9.84. The summed E-state index contributed by atoms with van der Waals surface area (Å²) in [5.41, 5.74) is 7.37. The van der Waals surface area contributed by atoms with E-state index in [4.69, 9.17) is 15.2 Å². The maximum Gasteiger partial charge on any atom is 0.160 e. The lowest BCUT2D eigenvalue weighted by Gasteiger charge is -2.26. The van der Waals surface area contributed by atoms with E-state index in [9.17, 15) is 0 Å². The van der Waals surface area contributed by atoms with Gasteiger partial charge in [0.25, 0.3) is 0 Å². The highest BCUT2D eigenvalue weighted by molar-refractivity contribution is 5.44. The van der Waals surface area contributed by atoms with E-state index >= 15 is 0 Å². The second kappa shape index (κ2) is 5.23. The van der Waals surface area contributed by atoms with Gasteiger partial charge in [-0.3, -0.25) is 0 Å². The van der Waals surface area contributed by atoms with Gasteiger partial charge in [0.1, 0.15) is 0 Å². The van der Waals surface area contributed by atoms with Crippen LogP contribution in [0, 0.1) is 0 Å². The van der Waals surface area contributed by atoms with E-state index in [1.807, 2.05) is 12.1 Å². The summed E-state index contributed by atoms with van der Waals surface area (Å²) in [6.45, 7) is 0. The summed E-state index contributed by atoms with van der Waals surface area (Å²) >= 11 is 0. The molecular formula is C14H19NO2. The second-order valence-electron chi connectivity index (χ2n) is 4.33. The molecule has 2 atom stereocenters. The lowest BCUT2D eigenvalue weighted by molar-refractivity contribution is 0.353. The minimum absolute atomic E-state index is 0.193. The molecule has 3 nitrogen and oxygen atoms in total. The Kier molecular flexibility index (Phi) is 3.69. The highest BCUT2D eigenvalue weighted by Crippen LogP contribution is 2.34. The van der Waals surface area contributed by atoms with Crippen LogP contribution in [0.4, 0.5) is 0 Å². The zero-order chi connectivity index (χ0) is 12.3. The first-order valence-corrected chi connectivity index (χ1v) is 5.88. The fourth-order valence-corrected chi connectivity index (χ4v) is 2.30. The van der Waals surface area contributed by atoms with Crippen LogP contribution in [0.15, 0.2) is 30.4 Å². The van der Waals surface area contributed by atoms with Crippen molar-refractivity contribution < 1.29 is 9.47 Å². The predicted octanol–water partition coefficient (Wildman–Crippen LogP) is 2.46. The summed E-state index contributed by atoms with van der Waals surface area (Å²) in [4.78, 5) is 0. The fraction of sp³-hybridized carbons (Fsp3) is 0.429. The van der Waals surface area contributed by atoms with Gasteiger partial charge in [-0.25, -0.2) is 0 Å². The van der Waals surface area contributed by atoms with Crippen LogP contribution in [-0.4, -0.2) is 20.3 Å². The Morgan fingerprint density at radius 1 is 1.06 bits per heavy atom. The van der Waals surface area contributed by atoms with Crippen molar-refractivity contribution in [2.75, 3.05) is 14.2 Å². The molecule has 1 aliphatic carbocycles. The maximum absolute atomic E-state index is 6.15. The Morgan fingerprint density at radius 2 is 1.76 bits per heavy atom. The number of benzene rings is 1. The van der Waals surface area contributed by atoms with Gasteiger partial charge in [-0.2, -0.15) is 0 Å². The molecule has 0 saturated heterocycles. The number of hydrogen-bond donors (Lipinski definition) is 1. The van der Waals surface area contributed by atoms with Crippen LogP contribution < -0.4 is 15.2 Å². The molecule has 0 heterocycles. The molecule has 3 heteroatoms. The number of nitrogens with two attached hydrogens (primary N) is 1. The van der Waals surface area contributed by atoms with E-state index in [-0.39, 0.29) is 6.04 Å². The maximum atomic E-state index is 6.15. The Labute approximate surface area is 102 Å². The van der Waals surface area contributed by atoms with Gasteiger partial charge < -0.3 is 15.2 Å². The molecule has 0 saturated carbocycles. The molecule has 0 spiro atoms. The van der Waals surface area contributed by atoms with Crippen molar-refractivity contribution in [3.05, 3.63) is 35.9 Å². The van der Waals surface area contributed by atoms with Crippen molar-refractivity contribution in [3.8, 4) is 11.5 Å². The summed E-state index contributed by atoms with van der Waals surface area (Å²) in [7, 11) is 3.30. The molecule has 0 bridgehead atoms. The molecule has 0 aliphatic heterocycles. The third-order valence-electron chi connectivity index (χ3n) is 3.32. The molecule has 92 valence electrons. The van der Waals surface area contributed by atoms with Gasteiger partial charge in [-0.1, -0.05) is 18.2 Å². The number of rotatable bonds is 3. The van der Waals surface area contributed by atoms with E-state index < -0.39 is 0 Å². The lowest BCUT2D eigenvalue weighted by Crippen LogP contribution is -2.29. The molecule has 1 aliphatic rings. The van der Waals surface area contributed by atoms with Crippen molar-refractivity contribution in [2.45, 2.75) is 24.8 Å². The summed E-state index contributed by atoms with van der Waals surface area (Å²) in [5.74, 6) is 1.91. The highest BCUT2D eigenvalue weighted by atomic mass is 16.5. The van der Waals surface area contributed by atoms with Gasteiger partial charge >= 0.3 is 0 Å². The van der Waals surface area contributed by atoms with Crippen molar-refractivity contribution >= 4 is 0 Å². The standard InChI is InChI=1S/C14H19NO2/c1-16-13-8-7-10(9-14(13)17-2)11-5-3-4-6-12(11)15/h3-4,7-9,11-12H,5-6,15H2,1-2H3. The van der Waals surface area contributed by atoms with Gasteiger partial charge in [0, 0.05) is 12.0 Å². The molecule has 1 aromatic rings. The molecule has 2 rings (SSSR count). The quantitative estimate of drug-likeness (QED) is 0.816. The number of allylic oxidation sites excluding steroid dienone is 1. The number of methoxy groups -OCH3 is 2. The number of ether oxygens (including phenoxy) is 2. The predicted molar refractivity (Wildman–Crippen MR) is 68.6 cm³/mol. The summed E-state index contributed by atoms with van der Waals surface area (Å²) in [5, 5.41) is 0. The monoisotopic (exact) mass is 233 g/mol. The van der Waals surface area contributed by atoms with E-state index in [0.29, 0.717) is 5.92 Å². The molecule has 0 fully saturated rings. The van der Waals surface area contributed by atoms with Crippen molar-refractivity contribution in [1.82, 2.24) is 0 Å². The van der Waals surface area contributed by atoms with Gasteiger partial charge in [0.05, 0.1) is 14.2 Å². The normalized spacial score (nSPS) is 23.5. The summed E-state index contributed by atoms with van der Waals surface area (Å²) < 4.78 is 10.6. The number of hydrogen-bond acceptors (Lipinski definition) is 3. The van der Waals surface area contributed by atoms with Gasteiger partial charge in [-0.05, 0) is 30.5 Å². The zero-order valence-corrected chi connectivity index (χ0v) is 10.3. The topological polar surface area (TPSA) is 44.5 Å². The minimum atomic E-state index is 0.193. The second-order valence-corrected chi connectivity index (χ2v) is 4.33. The van der Waals surface area contributed by atoms with Gasteiger partial charge in [-0.15, -0.1) is 0 Å². The summed E-state index contributed by atoms with van der Waals surface area (Å²) in [6, 6.07) is 6.24. The summed E-state index contributed by atoms with van der Waals surface area (Å²) in [6.07, 6.45) is 6.29. The Bertz CT molecular complexity index is 415. The minimum Gasteiger partial charge on any atom is -0.493 e. The van der Waals surface area contributed by atoms with Crippen LogP contribution in [0.3, 0.4) is 0 Å². The first kappa shape index (κ1) is 12.0. The van der Waals surface area contributed by atoms with Gasteiger partial charge in [0.2, 0.25) is 0 Å². The molecule has 0 aromatic heterocycles. The molecule has 2 N–H and O–H groups in total. The fourth-order valence-electron chi connectivity index (χ4n) is 2.30. The molecule has 0 radical (unpaired) electrons. The average molecular weight is 233 g/mol. The van der Waals surface area contributed by atoms with Gasteiger partial charge in [0.15, 0.2) is 11.5 Å². The van der Waals surface area contributed by atoms with E-state index in [1.54, 1.807) is 14.2 Å². The largest absolute Gasteiger partial charge is 0.493 e. The highest BCUT2D eigenvalue weighted by Gasteiger charge is 2.21. The Balaban J connectivity index is 2.29. The first-order valence-electron chi connectivity index (χ1n) is 5.88. The molecular weight excluding hydrogens is 214 g/mol. The van der Waals surface area contributed by atoms with E-state index in [1.165, 1.54) is 5.56 Å². The zero-order valence-electron chi connectivity index (χ0n) is 10.3. The molecule has 1 aromatic carbocycles. The van der Waals surface area contributed by atoms with Crippen LogP contribution in [0.2, 0.25) is 0 Å². The Hall–Kier alpha value is -1.48. The van der Waals surface area contributed by atoms with Crippen LogP contribution in [0.1, 0.15) is 24.3 Å².